The average Bonchev–Trinajstić information content (AvgIpc) is 3.34. The maximum Gasteiger partial charge on any atom is 0.275 e. The van der Waals surface area contributed by atoms with Crippen molar-refractivity contribution in [2.75, 3.05) is 20.3 Å². The average molecular weight is 359 g/mol. The molecule has 1 unspecified atom stereocenters. The second-order valence-electron chi connectivity index (χ2n) is 5.60. The molecule has 0 saturated heterocycles. The van der Waals surface area contributed by atoms with Gasteiger partial charge >= 0.3 is 0 Å². The predicted octanol–water partition coefficient (Wildman–Crippen LogP) is 3.78. The number of H-pyrrole nitrogens is 1. The first-order chi connectivity index (χ1) is 11.8. The van der Waals surface area contributed by atoms with E-state index in [1.807, 2.05) is 22.4 Å². The number of ether oxygens (including phenoxy) is 1. The van der Waals surface area contributed by atoms with Crippen LogP contribution in [0, 0.1) is 0 Å². The minimum absolute atomic E-state index is 0.00133. The molecule has 0 saturated carbocycles. The minimum atomic E-state index is -0.0693. The van der Waals surface area contributed by atoms with E-state index in [-0.39, 0.29) is 11.9 Å². The number of methoxy groups -OCH3 is 1. The molecule has 4 rings (SSSR count). The van der Waals surface area contributed by atoms with E-state index in [0.29, 0.717) is 18.8 Å². The van der Waals surface area contributed by atoms with Crippen LogP contribution in [0.15, 0.2) is 35.0 Å². The molecule has 1 aliphatic rings. The summed E-state index contributed by atoms with van der Waals surface area (Å²) in [6, 6.07) is 8.12. The summed E-state index contributed by atoms with van der Waals surface area (Å²) in [7, 11) is 1.68. The van der Waals surface area contributed by atoms with E-state index in [4.69, 9.17) is 4.74 Å². The number of thiophene rings is 2. The summed E-state index contributed by atoms with van der Waals surface area (Å²) in [4.78, 5) is 17.1. The molecule has 1 aliphatic heterocycles. The van der Waals surface area contributed by atoms with Gasteiger partial charge in [0, 0.05) is 30.7 Å². The van der Waals surface area contributed by atoms with Gasteiger partial charge in [-0.1, -0.05) is 12.1 Å². The summed E-state index contributed by atoms with van der Waals surface area (Å²) >= 11 is 3.33. The van der Waals surface area contributed by atoms with Crippen LogP contribution in [-0.4, -0.2) is 41.3 Å². The van der Waals surface area contributed by atoms with Crippen LogP contribution in [0.4, 0.5) is 0 Å². The Labute approximate surface area is 147 Å². The third-order valence-electron chi connectivity index (χ3n) is 4.18. The van der Waals surface area contributed by atoms with Crippen molar-refractivity contribution in [2.24, 2.45) is 0 Å². The fraction of sp³-hybridized carbons (Fsp3) is 0.294. The lowest BCUT2D eigenvalue weighted by molar-refractivity contribution is 0.0725. The molecule has 1 atom stereocenters. The lowest BCUT2D eigenvalue weighted by atomic mass is 10.0. The summed E-state index contributed by atoms with van der Waals surface area (Å²) in [6.45, 7) is 1.30. The monoisotopic (exact) mass is 359 g/mol. The lowest BCUT2D eigenvalue weighted by Gasteiger charge is -2.25. The number of carbonyl (C=O) groups excluding carboxylic acids is 1. The Kier molecular flexibility index (Phi) is 4.22. The number of fused-ring (bicyclic) bond motifs is 1. The molecule has 3 aromatic heterocycles. The maximum absolute atomic E-state index is 12.9. The number of carbonyl (C=O) groups is 1. The van der Waals surface area contributed by atoms with Gasteiger partial charge in [0.05, 0.1) is 16.6 Å². The van der Waals surface area contributed by atoms with Gasteiger partial charge in [-0.3, -0.25) is 9.89 Å². The standard InChI is InChI=1S/C17H17N3O2S2/c1-22-8-4-7-20-16(12-6-3-10-24-12)13-14(11-5-2-9-23-11)18-19-15(13)17(20)21/h2-3,5-6,9-10,16H,4,7-8H2,1H3,(H,18,19). The molecular formula is C17H17N3O2S2. The van der Waals surface area contributed by atoms with Crippen molar-refractivity contribution < 1.29 is 9.53 Å². The third kappa shape index (κ3) is 2.49. The smallest absolute Gasteiger partial charge is 0.275 e. The molecule has 4 heterocycles. The number of hydrogen-bond donors (Lipinski definition) is 1. The summed E-state index contributed by atoms with van der Waals surface area (Å²) in [5.41, 5.74) is 2.51. The van der Waals surface area contributed by atoms with E-state index in [0.717, 1.165) is 22.6 Å². The molecule has 0 aromatic carbocycles. The highest BCUT2D eigenvalue weighted by molar-refractivity contribution is 7.13. The van der Waals surface area contributed by atoms with Gasteiger partial charge in [-0.25, -0.2) is 0 Å². The van der Waals surface area contributed by atoms with Crippen LogP contribution in [0.25, 0.3) is 10.6 Å². The molecule has 24 heavy (non-hydrogen) atoms. The molecule has 5 nitrogen and oxygen atoms in total. The van der Waals surface area contributed by atoms with E-state index in [2.05, 4.69) is 27.7 Å². The zero-order valence-electron chi connectivity index (χ0n) is 13.2. The van der Waals surface area contributed by atoms with Crippen LogP contribution in [-0.2, 0) is 4.74 Å². The molecule has 1 N–H and O–H groups in total. The molecule has 0 spiro atoms. The predicted molar refractivity (Wildman–Crippen MR) is 95.6 cm³/mol. The van der Waals surface area contributed by atoms with E-state index in [1.165, 1.54) is 4.88 Å². The highest BCUT2D eigenvalue weighted by Gasteiger charge is 2.42. The number of aromatic nitrogens is 2. The summed E-state index contributed by atoms with van der Waals surface area (Å²) < 4.78 is 5.15. The number of amides is 1. The first-order valence-electron chi connectivity index (χ1n) is 7.76. The lowest BCUT2D eigenvalue weighted by Crippen LogP contribution is -2.30. The molecule has 0 radical (unpaired) electrons. The molecule has 124 valence electrons. The molecule has 0 bridgehead atoms. The molecule has 1 amide bonds. The first-order valence-corrected chi connectivity index (χ1v) is 9.52. The zero-order valence-corrected chi connectivity index (χ0v) is 14.8. The van der Waals surface area contributed by atoms with Gasteiger partial charge in [-0.2, -0.15) is 5.10 Å². The van der Waals surface area contributed by atoms with E-state index in [1.54, 1.807) is 29.8 Å². The third-order valence-corrected chi connectivity index (χ3v) is 5.99. The number of aromatic amines is 1. The van der Waals surface area contributed by atoms with Crippen LogP contribution in [0.1, 0.15) is 33.4 Å². The second kappa shape index (κ2) is 6.51. The quantitative estimate of drug-likeness (QED) is 0.682. The first kappa shape index (κ1) is 15.6. The second-order valence-corrected chi connectivity index (χ2v) is 7.53. The Morgan fingerprint density at radius 2 is 2.12 bits per heavy atom. The Bertz CT molecular complexity index is 824. The maximum atomic E-state index is 12.9. The number of rotatable bonds is 6. The normalized spacial score (nSPS) is 16.8. The summed E-state index contributed by atoms with van der Waals surface area (Å²) in [5.74, 6) is -0.00133. The van der Waals surface area contributed by atoms with E-state index < -0.39 is 0 Å². The molecule has 3 aromatic rings. The Hall–Kier alpha value is -1.96. The fourth-order valence-corrected chi connectivity index (χ4v) is 4.73. The topological polar surface area (TPSA) is 58.2 Å². The van der Waals surface area contributed by atoms with Crippen LogP contribution in [0.5, 0.6) is 0 Å². The van der Waals surface area contributed by atoms with Gasteiger partial charge in [0.1, 0.15) is 0 Å². The molecule has 7 heteroatoms. The van der Waals surface area contributed by atoms with Crippen molar-refractivity contribution in [2.45, 2.75) is 12.5 Å². The number of nitrogens with zero attached hydrogens (tertiary/aromatic N) is 2. The molecule has 0 aliphatic carbocycles. The van der Waals surface area contributed by atoms with E-state index >= 15 is 0 Å². The Morgan fingerprint density at radius 1 is 1.29 bits per heavy atom. The van der Waals surface area contributed by atoms with Gasteiger partial charge in [0.2, 0.25) is 0 Å². The Balaban J connectivity index is 1.78. The largest absolute Gasteiger partial charge is 0.385 e. The van der Waals surface area contributed by atoms with Crippen molar-refractivity contribution in [3.8, 4) is 10.6 Å². The van der Waals surface area contributed by atoms with Gasteiger partial charge in [-0.15, -0.1) is 22.7 Å². The van der Waals surface area contributed by atoms with Crippen LogP contribution >= 0.6 is 22.7 Å². The van der Waals surface area contributed by atoms with Crippen LogP contribution in [0.2, 0.25) is 0 Å². The van der Waals surface area contributed by atoms with Crippen molar-refractivity contribution in [3.05, 3.63) is 51.2 Å². The van der Waals surface area contributed by atoms with Crippen molar-refractivity contribution in [3.63, 3.8) is 0 Å². The van der Waals surface area contributed by atoms with Crippen molar-refractivity contribution >= 4 is 28.6 Å². The van der Waals surface area contributed by atoms with E-state index in [9.17, 15) is 4.79 Å². The Morgan fingerprint density at radius 3 is 2.83 bits per heavy atom. The van der Waals surface area contributed by atoms with Gasteiger partial charge in [0.15, 0.2) is 5.69 Å². The number of nitrogens with one attached hydrogen (secondary N) is 1. The number of hydrogen-bond acceptors (Lipinski definition) is 5. The minimum Gasteiger partial charge on any atom is -0.385 e. The van der Waals surface area contributed by atoms with Gasteiger partial charge in [0.25, 0.3) is 5.91 Å². The van der Waals surface area contributed by atoms with Gasteiger partial charge < -0.3 is 9.64 Å². The van der Waals surface area contributed by atoms with Crippen molar-refractivity contribution in [1.82, 2.24) is 15.1 Å². The SMILES string of the molecule is COCCCN1C(=O)c2n[nH]c(-c3cccs3)c2C1c1cccs1. The molecular weight excluding hydrogens is 342 g/mol. The van der Waals surface area contributed by atoms with Crippen LogP contribution < -0.4 is 0 Å². The van der Waals surface area contributed by atoms with Crippen molar-refractivity contribution in [1.29, 1.82) is 0 Å². The fourth-order valence-electron chi connectivity index (χ4n) is 3.15. The van der Waals surface area contributed by atoms with Gasteiger partial charge in [-0.05, 0) is 29.3 Å². The van der Waals surface area contributed by atoms with Crippen LogP contribution in [0.3, 0.4) is 0 Å². The molecule has 0 fully saturated rings. The highest BCUT2D eigenvalue weighted by atomic mass is 32.1. The summed E-state index contributed by atoms with van der Waals surface area (Å²) in [5, 5.41) is 11.5. The highest BCUT2D eigenvalue weighted by Crippen LogP contribution is 2.44. The summed E-state index contributed by atoms with van der Waals surface area (Å²) in [6.07, 6.45) is 0.812. The zero-order chi connectivity index (χ0) is 16.5.